The second kappa shape index (κ2) is 13.4. The van der Waals surface area contributed by atoms with Crippen molar-refractivity contribution in [3.05, 3.63) is 77.1 Å². The van der Waals surface area contributed by atoms with Crippen LogP contribution in [0.1, 0.15) is 23.2 Å². The van der Waals surface area contributed by atoms with Crippen molar-refractivity contribution >= 4 is 46.2 Å². The number of amides is 1. The smallest absolute Gasteiger partial charge is 0.249 e. The molecule has 3 rings (SSSR count). The lowest BCUT2D eigenvalue weighted by Crippen LogP contribution is -2.15. The number of halogens is 1. The molecule has 2 aromatic carbocycles. The van der Waals surface area contributed by atoms with Crippen LogP contribution in [0.5, 0.6) is 5.75 Å². The van der Waals surface area contributed by atoms with E-state index in [-0.39, 0.29) is 5.91 Å². The molecule has 4 N–H and O–H groups in total. The summed E-state index contributed by atoms with van der Waals surface area (Å²) in [6.45, 7) is 0.908. The largest absolute Gasteiger partial charge is 0.495 e. The molecule has 194 valence electrons. The van der Waals surface area contributed by atoms with E-state index in [0.29, 0.717) is 40.2 Å². The van der Waals surface area contributed by atoms with Gasteiger partial charge in [0.1, 0.15) is 5.75 Å². The Kier molecular flexibility index (Phi) is 10.00. The number of nitrogens with zero attached hydrogens (tertiary/aromatic N) is 4. The highest BCUT2D eigenvalue weighted by Gasteiger charge is 2.16. The van der Waals surface area contributed by atoms with Crippen molar-refractivity contribution in [1.29, 1.82) is 0 Å². The molecule has 1 aromatic heterocycles. The van der Waals surface area contributed by atoms with Crippen LogP contribution in [0.15, 0.2) is 65.3 Å². The third-order valence-corrected chi connectivity index (χ3v) is 5.66. The SMILES string of the molecule is CN=C(c1ccnc(Nc2cc(NC(=O)/C=C/Cl)c(CCCN(C)C)cc2OC)n1)c1ccccc1N. The highest BCUT2D eigenvalue weighted by atomic mass is 35.5. The average molecular weight is 522 g/mol. The van der Waals surface area contributed by atoms with E-state index < -0.39 is 0 Å². The minimum Gasteiger partial charge on any atom is -0.495 e. The van der Waals surface area contributed by atoms with Gasteiger partial charge in [-0.05, 0) is 63.3 Å². The molecule has 3 aromatic rings. The summed E-state index contributed by atoms with van der Waals surface area (Å²) < 4.78 is 5.66. The topological polar surface area (TPSA) is 118 Å². The molecule has 1 heterocycles. The number of benzene rings is 2. The number of para-hydroxylation sites is 1. The Morgan fingerprint density at radius 3 is 2.68 bits per heavy atom. The van der Waals surface area contributed by atoms with Crippen LogP contribution < -0.4 is 21.1 Å². The van der Waals surface area contributed by atoms with Gasteiger partial charge in [-0.2, -0.15) is 0 Å². The van der Waals surface area contributed by atoms with Crippen LogP contribution in [-0.2, 0) is 11.2 Å². The Hall–Kier alpha value is -3.95. The van der Waals surface area contributed by atoms with Crippen LogP contribution in [0.3, 0.4) is 0 Å². The van der Waals surface area contributed by atoms with Gasteiger partial charge in [0.25, 0.3) is 0 Å². The summed E-state index contributed by atoms with van der Waals surface area (Å²) >= 11 is 5.60. The fourth-order valence-corrected chi connectivity index (χ4v) is 3.90. The third kappa shape index (κ3) is 7.52. The molecular formula is C27H32ClN7O2. The molecule has 0 unspecified atom stereocenters. The summed E-state index contributed by atoms with van der Waals surface area (Å²) in [5.41, 5.74) is 12.2. The van der Waals surface area contributed by atoms with Crippen LogP contribution >= 0.6 is 11.6 Å². The van der Waals surface area contributed by atoms with Crippen molar-refractivity contribution < 1.29 is 9.53 Å². The van der Waals surface area contributed by atoms with Gasteiger partial charge in [-0.3, -0.25) is 9.79 Å². The van der Waals surface area contributed by atoms with Gasteiger partial charge >= 0.3 is 0 Å². The first kappa shape index (κ1) is 27.6. The number of nitrogen functional groups attached to an aromatic ring is 1. The number of ether oxygens (including phenoxy) is 1. The lowest BCUT2D eigenvalue weighted by molar-refractivity contribution is -0.111. The minimum absolute atomic E-state index is 0.331. The summed E-state index contributed by atoms with van der Waals surface area (Å²) in [5, 5.41) is 6.12. The number of aryl methyl sites for hydroxylation is 1. The molecule has 0 aliphatic heterocycles. The first-order valence-corrected chi connectivity index (χ1v) is 12.1. The Balaban J connectivity index is 1.96. The zero-order chi connectivity index (χ0) is 26.8. The summed E-state index contributed by atoms with van der Waals surface area (Å²) in [5.74, 6) is 0.601. The Morgan fingerprint density at radius 1 is 1.22 bits per heavy atom. The molecule has 37 heavy (non-hydrogen) atoms. The second-order valence-corrected chi connectivity index (χ2v) is 8.70. The number of hydrogen-bond donors (Lipinski definition) is 3. The summed E-state index contributed by atoms with van der Waals surface area (Å²) in [7, 11) is 7.34. The number of nitrogens with one attached hydrogen (secondary N) is 2. The van der Waals surface area contributed by atoms with Gasteiger partial charge in [0.15, 0.2) is 0 Å². The Morgan fingerprint density at radius 2 is 2.00 bits per heavy atom. The van der Waals surface area contributed by atoms with E-state index in [1.165, 1.54) is 11.6 Å². The summed E-state index contributed by atoms with van der Waals surface area (Å²) in [6, 6.07) is 13.0. The van der Waals surface area contributed by atoms with E-state index in [0.717, 1.165) is 30.5 Å². The molecule has 0 saturated heterocycles. The molecule has 0 aliphatic carbocycles. The quantitative estimate of drug-likeness (QED) is 0.193. The van der Waals surface area contributed by atoms with Crippen molar-refractivity contribution in [3.8, 4) is 5.75 Å². The maximum Gasteiger partial charge on any atom is 0.249 e. The number of aromatic nitrogens is 2. The predicted octanol–water partition coefficient (Wildman–Crippen LogP) is 4.46. The molecule has 0 fully saturated rings. The molecule has 0 saturated carbocycles. The number of aliphatic imine (C=N–C) groups is 1. The van der Waals surface area contributed by atoms with Crippen molar-refractivity contribution in [3.63, 3.8) is 0 Å². The maximum atomic E-state index is 12.3. The first-order valence-electron chi connectivity index (χ1n) is 11.7. The van der Waals surface area contributed by atoms with Crippen molar-refractivity contribution in [1.82, 2.24) is 14.9 Å². The third-order valence-electron chi connectivity index (χ3n) is 5.53. The maximum absolute atomic E-state index is 12.3. The zero-order valence-corrected chi connectivity index (χ0v) is 22.2. The van der Waals surface area contributed by atoms with E-state index in [2.05, 4.69) is 30.5 Å². The lowest BCUT2D eigenvalue weighted by Gasteiger charge is -2.18. The molecule has 0 aliphatic rings. The number of nitrogens with two attached hydrogens (primary N) is 1. The van der Waals surface area contributed by atoms with Crippen molar-refractivity contribution in [2.45, 2.75) is 12.8 Å². The fourth-order valence-electron chi connectivity index (χ4n) is 3.79. The molecule has 9 nitrogen and oxygen atoms in total. The number of carbonyl (C=O) groups excluding carboxylic acids is 1. The van der Waals surface area contributed by atoms with Gasteiger partial charge in [0, 0.05) is 41.8 Å². The number of hydrogen-bond acceptors (Lipinski definition) is 8. The number of anilines is 4. The highest BCUT2D eigenvalue weighted by molar-refractivity contribution is 6.27. The van der Waals surface area contributed by atoms with Crippen molar-refractivity contribution in [2.75, 3.05) is 51.2 Å². The van der Waals surface area contributed by atoms with E-state index in [1.54, 1.807) is 26.4 Å². The van der Waals surface area contributed by atoms with E-state index in [1.807, 2.05) is 50.5 Å². The monoisotopic (exact) mass is 521 g/mol. The molecular weight excluding hydrogens is 490 g/mol. The van der Waals surface area contributed by atoms with E-state index in [4.69, 9.17) is 22.1 Å². The molecule has 0 bridgehead atoms. The average Bonchev–Trinajstić information content (AvgIpc) is 2.87. The van der Waals surface area contributed by atoms with Gasteiger partial charge in [-0.25, -0.2) is 9.97 Å². The summed E-state index contributed by atoms with van der Waals surface area (Å²) in [4.78, 5) is 27.8. The second-order valence-electron chi connectivity index (χ2n) is 8.45. The lowest BCUT2D eigenvalue weighted by atomic mass is 10.0. The van der Waals surface area contributed by atoms with Crippen LogP contribution in [-0.4, -0.2) is 61.3 Å². The number of rotatable bonds is 11. The fraction of sp³-hybridized carbons (Fsp3) is 0.259. The molecule has 0 radical (unpaired) electrons. The molecule has 0 atom stereocenters. The van der Waals surface area contributed by atoms with Gasteiger partial charge in [0.05, 0.1) is 24.2 Å². The predicted molar refractivity (Wildman–Crippen MR) is 151 cm³/mol. The minimum atomic E-state index is -0.331. The Bertz CT molecular complexity index is 1290. The zero-order valence-electron chi connectivity index (χ0n) is 21.5. The Labute approximate surface area is 222 Å². The van der Waals surface area contributed by atoms with Gasteiger partial charge in [-0.15, -0.1) is 0 Å². The van der Waals surface area contributed by atoms with Crippen LogP contribution in [0.2, 0.25) is 0 Å². The van der Waals surface area contributed by atoms with Gasteiger partial charge in [-0.1, -0.05) is 29.8 Å². The number of carbonyl (C=O) groups is 1. The first-order chi connectivity index (χ1) is 17.9. The standard InChI is InChI=1S/C27H32ClN7O2/c1-30-26(19-9-5-6-10-20(19)29)21-12-14-31-27(33-21)34-23-17-22(32-25(36)11-13-28)18(16-24(23)37-4)8-7-15-35(2)3/h5-6,9-14,16-17H,7-8,15,29H2,1-4H3,(H,32,36)(H,31,33,34)/b13-11+,30-26?. The van der Waals surface area contributed by atoms with Crippen LogP contribution in [0.4, 0.5) is 23.0 Å². The molecule has 10 heteroatoms. The van der Waals surface area contributed by atoms with Crippen LogP contribution in [0, 0.1) is 0 Å². The van der Waals surface area contributed by atoms with E-state index >= 15 is 0 Å². The van der Waals surface area contributed by atoms with Crippen molar-refractivity contribution in [2.24, 2.45) is 4.99 Å². The number of methoxy groups -OCH3 is 1. The van der Waals surface area contributed by atoms with Gasteiger partial charge < -0.3 is 26.0 Å². The molecule has 0 spiro atoms. The van der Waals surface area contributed by atoms with Gasteiger partial charge in [0.2, 0.25) is 11.9 Å². The highest BCUT2D eigenvalue weighted by Crippen LogP contribution is 2.34. The van der Waals surface area contributed by atoms with E-state index in [9.17, 15) is 4.79 Å². The van der Waals surface area contributed by atoms with Crippen LogP contribution in [0.25, 0.3) is 0 Å². The molecule has 1 amide bonds. The normalized spacial score (nSPS) is 11.7. The summed E-state index contributed by atoms with van der Waals surface area (Å²) in [6.07, 6.45) is 4.56.